The van der Waals surface area contributed by atoms with Crippen LogP contribution in [-0.2, 0) is 18.4 Å². The van der Waals surface area contributed by atoms with Crippen LogP contribution in [0.15, 0.2) is 24.0 Å². The van der Waals surface area contributed by atoms with E-state index in [1.807, 2.05) is 29.5 Å². The van der Waals surface area contributed by atoms with Gasteiger partial charge in [0.2, 0.25) is 5.91 Å². The van der Waals surface area contributed by atoms with Crippen molar-refractivity contribution < 1.29 is 4.79 Å². The van der Waals surface area contributed by atoms with E-state index in [2.05, 4.69) is 26.1 Å². The zero-order valence-electron chi connectivity index (χ0n) is 14.7. The Balaban J connectivity index is 1.53. The maximum absolute atomic E-state index is 13.2. The molecule has 2 aliphatic heterocycles. The maximum Gasteiger partial charge on any atom is 0.227 e. The third-order valence-corrected chi connectivity index (χ3v) is 6.14. The van der Waals surface area contributed by atoms with Gasteiger partial charge < -0.3 is 4.90 Å². The Morgan fingerprint density at radius 3 is 2.80 bits per heavy atom. The summed E-state index contributed by atoms with van der Waals surface area (Å²) in [4.78, 5) is 22.1. The fraction of sp³-hybridized carbons (Fsp3) is 0.611. The molecule has 134 valence electrons. The molecule has 2 atom stereocenters. The van der Waals surface area contributed by atoms with Gasteiger partial charge in [-0.05, 0) is 24.8 Å². The van der Waals surface area contributed by atoms with Crippen molar-refractivity contribution in [3.63, 3.8) is 0 Å². The molecule has 2 fully saturated rings. The number of likely N-dealkylation sites (tertiary alicyclic amines) is 2. The maximum atomic E-state index is 13.2. The molecular weight excluding hydrogens is 334 g/mol. The van der Waals surface area contributed by atoms with Crippen LogP contribution in [0.2, 0.25) is 0 Å². The molecule has 0 bridgehead atoms. The van der Waals surface area contributed by atoms with Gasteiger partial charge in [0.05, 0.1) is 18.7 Å². The van der Waals surface area contributed by atoms with Crippen LogP contribution in [-0.4, -0.2) is 56.7 Å². The fourth-order valence-electron chi connectivity index (χ4n) is 4.11. The highest BCUT2D eigenvalue weighted by Crippen LogP contribution is 2.35. The molecule has 7 heteroatoms. The molecule has 0 aromatic carbocycles. The first-order valence-electron chi connectivity index (χ1n) is 9.09. The van der Waals surface area contributed by atoms with Crippen molar-refractivity contribution in [3.8, 4) is 0 Å². The van der Waals surface area contributed by atoms with Gasteiger partial charge in [-0.1, -0.05) is 0 Å². The van der Waals surface area contributed by atoms with Gasteiger partial charge in [-0.15, -0.1) is 11.3 Å². The SMILES string of the molecule is Cn1cc([C@@H]2CN(Cc3nccs3)C[C@H]2C(=O)N2CCCCC2)cn1. The first kappa shape index (κ1) is 16.7. The second kappa shape index (κ2) is 7.25. The van der Waals surface area contributed by atoms with E-state index < -0.39 is 0 Å². The second-order valence-corrected chi connectivity index (χ2v) is 8.15. The van der Waals surface area contributed by atoms with Crippen LogP contribution in [0.25, 0.3) is 0 Å². The van der Waals surface area contributed by atoms with Gasteiger partial charge in [-0.25, -0.2) is 4.98 Å². The van der Waals surface area contributed by atoms with Gasteiger partial charge in [0.25, 0.3) is 0 Å². The summed E-state index contributed by atoms with van der Waals surface area (Å²) in [6.07, 6.45) is 9.36. The number of aryl methyl sites for hydroxylation is 1. The molecule has 0 saturated carbocycles. The Kier molecular flexibility index (Phi) is 4.85. The zero-order valence-corrected chi connectivity index (χ0v) is 15.5. The molecule has 6 nitrogen and oxygen atoms in total. The average Bonchev–Trinajstić information content (AvgIpc) is 3.36. The molecule has 0 spiro atoms. The minimum atomic E-state index is 0.0299. The number of piperidine rings is 1. The number of amides is 1. The summed E-state index contributed by atoms with van der Waals surface area (Å²) in [6.45, 7) is 4.38. The van der Waals surface area contributed by atoms with Crippen LogP contribution < -0.4 is 0 Å². The molecule has 2 aromatic heterocycles. The highest BCUT2D eigenvalue weighted by atomic mass is 32.1. The third kappa shape index (κ3) is 3.62. The average molecular weight is 359 g/mol. The van der Waals surface area contributed by atoms with Gasteiger partial charge >= 0.3 is 0 Å². The number of hydrogen-bond acceptors (Lipinski definition) is 5. The Hall–Kier alpha value is -1.73. The first-order chi connectivity index (χ1) is 12.2. The van der Waals surface area contributed by atoms with Crippen molar-refractivity contribution in [1.29, 1.82) is 0 Å². The van der Waals surface area contributed by atoms with Crippen LogP contribution in [0, 0.1) is 5.92 Å². The van der Waals surface area contributed by atoms with Gasteiger partial charge in [0, 0.05) is 56.9 Å². The Morgan fingerprint density at radius 2 is 2.12 bits per heavy atom. The fourth-order valence-corrected chi connectivity index (χ4v) is 4.76. The first-order valence-corrected chi connectivity index (χ1v) is 9.97. The summed E-state index contributed by atoms with van der Waals surface area (Å²) in [7, 11) is 1.94. The predicted octanol–water partition coefficient (Wildman–Crippen LogP) is 2.10. The number of carbonyl (C=O) groups is 1. The Bertz CT molecular complexity index is 707. The van der Waals surface area contributed by atoms with Crippen LogP contribution in [0.1, 0.15) is 35.8 Å². The smallest absolute Gasteiger partial charge is 0.227 e. The summed E-state index contributed by atoms with van der Waals surface area (Å²) in [5.41, 5.74) is 1.18. The van der Waals surface area contributed by atoms with Crippen molar-refractivity contribution in [2.45, 2.75) is 31.7 Å². The number of nitrogens with zero attached hydrogens (tertiary/aromatic N) is 5. The summed E-state index contributed by atoms with van der Waals surface area (Å²) >= 11 is 1.68. The second-order valence-electron chi connectivity index (χ2n) is 7.17. The lowest BCUT2D eigenvalue weighted by Gasteiger charge is -2.30. The van der Waals surface area contributed by atoms with Crippen LogP contribution in [0.3, 0.4) is 0 Å². The van der Waals surface area contributed by atoms with Gasteiger partial charge in [0.15, 0.2) is 0 Å². The molecule has 4 rings (SSSR count). The van der Waals surface area contributed by atoms with Crippen molar-refractivity contribution >= 4 is 17.2 Å². The molecule has 0 aliphatic carbocycles. The standard InChI is InChI=1S/C18H25N5OS/c1-21-10-14(9-20-21)15-11-22(13-17-19-5-8-25-17)12-16(15)18(24)23-6-3-2-4-7-23/h5,8-10,15-16H,2-4,6-7,11-13H2,1H3/t15-,16+/m0/s1. The molecule has 25 heavy (non-hydrogen) atoms. The third-order valence-electron chi connectivity index (χ3n) is 5.38. The summed E-state index contributed by atoms with van der Waals surface area (Å²) in [5.74, 6) is 0.584. The van der Waals surface area contributed by atoms with E-state index >= 15 is 0 Å². The van der Waals surface area contributed by atoms with Gasteiger partial charge in [0.1, 0.15) is 5.01 Å². The lowest BCUT2D eigenvalue weighted by molar-refractivity contribution is -0.136. The highest BCUT2D eigenvalue weighted by Gasteiger charge is 2.41. The summed E-state index contributed by atoms with van der Waals surface area (Å²) in [6, 6.07) is 0. The largest absolute Gasteiger partial charge is 0.342 e. The molecule has 1 amide bonds. The van der Waals surface area contributed by atoms with Gasteiger partial charge in [-0.2, -0.15) is 5.10 Å². The predicted molar refractivity (Wildman–Crippen MR) is 97.3 cm³/mol. The molecule has 0 radical (unpaired) electrons. The minimum absolute atomic E-state index is 0.0299. The molecule has 2 aromatic rings. The van der Waals surface area contributed by atoms with Crippen molar-refractivity contribution in [1.82, 2.24) is 24.6 Å². The van der Waals surface area contributed by atoms with Crippen LogP contribution >= 0.6 is 11.3 Å². The Morgan fingerprint density at radius 1 is 1.28 bits per heavy atom. The van der Waals surface area contributed by atoms with E-state index in [1.54, 1.807) is 11.3 Å². The summed E-state index contributed by atoms with van der Waals surface area (Å²) < 4.78 is 1.83. The quantitative estimate of drug-likeness (QED) is 0.839. The molecule has 2 saturated heterocycles. The van der Waals surface area contributed by atoms with E-state index in [-0.39, 0.29) is 11.8 Å². The van der Waals surface area contributed by atoms with E-state index in [9.17, 15) is 4.79 Å². The number of carbonyl (C=O) groups excluding carboxylic acids is 1. The monoisotopic (exact) mass is 359 g/mol. The molecule has 2 aliphatic rings. The van der Waals surface area contributed by atoms with Crippen molar-refractivity contribution in [2.24, 2.45) is 13.0 Å². The molecule has 0 unspecified atom stereocenters. The van der Waals surface area contributed by atoms with Crippen molar-refractivity contribution in [3.05, 3.63) is 34.5 Å². The normalized spacial score (nSPS) is 24.8. The highest BCUT2D eigenvalue weighted by molar-refractivity contribution is 7.09. The Labute approximate surface area is 152 Å². The zero-order chi connectivity index (χ0) is 17.2. The lowest BCUT2D eigenvalue weighted by atomic mass is 9.89. The van der Waals surface area contributed by atoms with E-state index in [0.717, 1.165) is 50.6 Å². The number of aromatic nitrogens is 3. The topological polar surface area (TPSA) is 54.3 Å². The van der Waals surface area contributed by atoms with E-state index in [4.69, 9.17) is 0 Å². The minimum Gasteiger partial charge on any atom is -0.342 e. The lowest BCUT2D eigenvalue weighted by Crippen LogP contribution is -2.41. The number of thiazole rings is 1. The molecular formula is C18H25N5OS. The van der Waals surface area contributed by atoms with Crippen LogP contribution in [0.4, 0.5) is 0 Å². The van der Waals surface area contributed by atoms with Crippen molar-refractivity contribution in [2.75, 3.05) is 26.2 Å². The van der Waals surface area contributed by atoms with Crippen LogP contribution in [0.5, 0.6) is 0 Å². The summed E-state index contributed by atoms with van der Waals surface area (Å²) in [5, 5.41) is 7.47. The van der Waals surface area contributed by atoms with Gasteiger partial charge in [-0.3, -0.25) is 14.4 Å². The molecule has 4 heterocycles. The number of rotatable bonds is 4. The van der Waals surface area contributed by atoms with E-state index in [1.165, 1.54) is 12.0 Å². The molecule has 0 N–H and O–H groups in total. The number of hydrogen-bond donors (Lipinski definition) is 0. The van der Waals surface area contributed by atoms with E-state index in [0.29, 0.717) is 5.91 Å².